The number of nitrogens with zero attached hydrogens (tertiary/aromatic N) is 1. The van der Waals surface area contributed by atoms with Crippen LogP contribution in [0, 0.1) is 32.1 Å². The lowest BCUT2D eigenvalue weighted by molar-refractivity contribution is -0.133. The van der Waals surface area contributed by atoms with Gasteiger partial charge in [0.25, 0.3) is 0 Å². The zero-order valence-electron chi connectivity index (χ0n) is 14.9. The van der Waals surface area contributed by atoms with Crippen molar-refractivity contribution in [1.29, 1.82) is 5.26 Å². The molecule has 0 bridgehead atoms. The van der Waals surface area contributed by atoms with Gasteiger partial charge in [-0.15, -0.1) is 0 Å². The molecule has 6 nitrogen and oxygen atoms in total. The van der Waals surface area contributed by atoms with Crippen LogP contribution in [0.3, 0.4) is 0 Å². The molecule has 0 amide bonds. The van der Waals surface area contributed by atoms with Gasteiger partial charge >= 0.3 is 11.9 Å². The third-order valence-electron chi connectivity index (χ3n) is 3.91. The number of nitriles is 1. The van der Waals surface area contributed by atoms with Crippen molar-refractivity contribution in [1.82, 2.24) is 0 Å². The van der Waals surface area contributed by atoms with E-state index in [4.69, 9.17) is 14.7 Å². The zero-order chi connectivity index (χ0) is 18.7. The third kappa shape index (κ3) is 4.56. The Bertz CT molecular complexity index is 713. The number of hydrogen-bond donors (Lipinski definition) is 1. The van der Waals surface area contributed by atoms with E-state index in [0.717, 1.165) is 0 Å². The van der Waals surface area contributed by atoms with Gasteiger partial charge in [-0.25, -0.2) is 0 Å². The van der Waals surface area contributed by atoms with Crippen molar-refractivity contribution in [3.8, 4) is 17.6 Å². The van der Waals surface area contributed by atoms with E-state index in [1.165, 1.54) is 20.8 Å². The molecule has 130 valence electrons. The smallest absolute Gasteiger partial charge is 0.308 e. The number of rotatable bonds is 5. The number of ether oxygens (including phenoxy) is 2. The predicted molar refractivity (Wildman–Crippen MR) is 87.8 cm³/mol. The molecule has 0 heterocycles. The number of aliphatic hydroxyl groups is 1. The molecule has 1 atom stereocenters. The molecule has 0 fully saturated rings. The number of esters is 2. The number of carbonyl (C=O) groups is 2. The topological polar surface area (TPSA) is 96.6 Å². The van der Waals surface area contributed by atoms with E-state index in [0.29, 0.717) is 40.2 Å². The van der Waals surface area contributed by atoms with E-state index in [-0.39, 0.29) is 6.42 Å². The SMILES string of the molecule is CC(=O)Oc1c(C)c(C)c(OC(C)=O)c(CCC(C)(O)C#N)c1C. The first kappa shape index (κ1) is 19.7. The van der Waals surface area contributed by atoms with Crippen molar-refractivity contribution in [2.75, 3.05) is 0 Å². The first-order chi connectivity index (χ1) is 11.0. The minimum atomic E-state index is -1.50. The van der Waals surface area contributed by atoms with Crippen molar-refractivity contribution in [2.45, 2.75) is 60.0 Å². The van der Waals surface area contributed by atoms with E-state index in [1.54, 1.807) is 20.8 Å². The molecule has 0 spiro atoms. The van der Waals surface area contributed by atoms with Crippen molar-refractivity contribution >= 4 is 11.9 Å². The van der Waals surface area contributed by atoms with Gasteiger partial charge in [0.1, 0.15) is 17.1 Å². The average molecular weight is 333 g/mol. The van der Waals surface area contributed by atoms with Crippen LogP contribution in [0.15, 0.2) is 0 Å². The highest BCUT2D eigenvalue weighted by Gasteiger charge is 2.25. The summed E-state index contributed by atoms with van der Waals surface area (Å²) >= 11 is 0. The largest absolute Gasteiger partial charge is 0.426 e. The lowest BCUT2D eigenvalue weighted by Gasteiger charge is -2.22. The molecule has 24 heavy (non-hydrogen) atoms. The van der Waals surface area contributed by atoms with Crippen LogP contribution < -0.4 is 9.47 Å². The van der Waals surface area contributed by atoms with Crippen LogP contribution in [-0.4, -0.2) is 22.6 Å². The Hall–Kier alpha value is -2.39. The van der Waals surface area contributed by atoms with Crippen LogP contribution in [0.1, 0.15) is 49.4 Å². The van der Waals surface area contributed by atoms with E-state index in [2.05, 4.69) is 0 Å². The van der Waals surface area contributed by atoms with E-state index in [9.17, 15) is 14.7 Å². The molecule has 1 aromatic rings. The molecule has 0 aromatic heterocycles. The Kier molecular flexibility index (Phi) is 6.10. The molecule has 6 heteroatoms. The van der Waals surface area contributed by atoms with Crippen LogP contribution in [0.4, 0.5) is 0 Å². The first-order valence-corrected chi connectivity index (χ1v) is 7.63. The summed E-state index contributed by atoms with van der Waals surface area (Å²) in [5.74, 6) is -0.106. The maximum atomic E-state index is 11.5. The second kappa shape index (κ2) is 7.45. The molecular formula is C18H23NO5. The van der Waals surface area contributed by atoms with Gasteiger partial charge < -0.3 is 14.6 Å². The van der Waals surface area contributed by atoms with Crippen molar-refractivity contribution in [3.63, 3.8) is 0 Å². The van der Waals surface area contributed by atoms with Crippen LogP contribution in [0.2, 0.25) is 0 Å². The van der Waals surface area contributed by atoms with Crippen molar-refractivity contribution in [3.05, 3.63) is 22.3 Å². The Labute approximate surface area is 142 Å². The zero-order valence-corrected chi connectivity index (χ0v) is 14.9. The van der Waals surface area contributed by atoms with Gasteiger partial charge in [0, 0.05) is 19.4 Å². The summed E-state index contributed by atoms with van der Waals surface area (Å²) in [4.78, 5) is 22.8. The lowest BCUT2D eigenvalue weighted by atomic mass is 9.91. The summed E-state index contributed by atoms with van der Waals surface area (Å²) in [6, 6.07) is 1.83. The Morgan fingerprint density at radius 3 is 1.96 bits per heavy atom. The van der Waals surface area contributed by atoms with Gasteiger partial charge in [0.2, 0.25) is 0 Å². The van der Waals surface area contributed by atoms with Crippen LogP contribution >= 0.6 is 0 Å². The van der Waals surface area contributed by atoms with Crippen molar-refractivity contribution in [2.24, 2.45) is 0 Å². The molecule has 0 radical (unpaired) electrons. The van der Waals surface area contributed by atoms with Crippen LogP contribution in [0.25, 0.3) is 0 Å². The summed E-state index contributed by atoms with van der Waals surface area (Å²) < 4.78 is 10.7. The monoisotopic (exact) mass is 333 g/mol. The molecule has 1 aromatic carbocycles. The second-order valence-electron chi connectivity index (χ2n) is 6.08. The van der Waals surface area contributed by atoms with Gasteiger partial charge in [-0.3, -0.25) is 9.59 Å². The van der Waals surface area contributed by atoms with Gasteiger partial charge in [-0.1, -0.05) is 0 Å². The molecule has 1 N–H and O–H groups in total. The normalized spacial score (nSPS) is 12.9. The minimum absolute atomic E-state index is 0.153. The highest BCUT2D eigenvalue weighted by Crippen LogP contribution is 2.39. The lowest BCUT2D eigenvalue weighted by Crippen LogP contribution is -2.22. The molecule has 0 saturated heterocycles. The first-order valence-electron chi connectivity index (χ1n) is 7.63. The highest BCUT2D eigenvalue weighted by atomic mass is 16.5. The summed E-state index contributed by atoms with van der Waals surface area (Å²) in [7, 11) is 0. The second-order valence-corrected chi connectivity index (χ2v) is 6.08. The van der Waals surface area contributed by atoms with Crippen LogP contribution in [-0.2, 0) is 16.0 Å². The quantitative estimate of drug-likeness (QED) is 0.505. The van der Waals surface area contributed by atoms with Gasteiger partial charge in [-0.05, 0) is 57.2 Å². The fourth-order valence-electron chi connectivity index (χ4n) is 2.46. The third-order valence-corrected chi connectivity index (χ3v) is 3.91. The maximum absolute atomic E-state index is 11.5. The van der Waals surface area contributed by atoms with Crippen LogP contribution in [0.5, 0.6) is 11.5 Å². The summed E-state index contributed by atoms with van der Waals surface area (Å²) in [5, 5.41) is 18.9. The predicted octanol–water partition coefficient (Wildman–Crippen LogP) is 2.67. The molecule has 0 saturated carbocycles. The van der Waals surface area contributed by atoms with E-state index in [1.807, 2.05) is 6.07 Å². The Morgan fingerprint density at radius 1 is 1.04 bits per heavy atom. The molecular weight excluding hydrogens is 310 g/mol. The summed E-state index contributed by atoms with van der Waals surface area (Å²) in [6.07, 6.45) is 0.449. The molecule has 0 aliphatic carbocycles. The highest BCUT2D eigenvalue weighted by molar-refractivity contribution is 5.74. The molecule has 1 unspecified atom stereocenters. The minimum Gasteiger partial charge on any atom is -0.426 e. The number of benzene rings is 1. The molecule has 0 aliphatic heterocycles. The maximum Gasteiger partial charge on any atom is 0.308 e. The van der Waals surface area contributed by atoms with Gasteiger partial charge in [-0.2, -0.15) is 5.26 Å². The molecule has 0 aliphatic rings. The van der Waals surface area contributed by atoms with Crippen molar-refractivity contribution < 1.29 is 24.2 Å². The fourth-order valence-corrected chi connectivity index (χ4v) is 2.46. The summed E-state index contributed by atoms with van der Waals surface area (Å²) in [5.41, 5.74) is 1.17. The van der Waals surface area contributed by atoms with E-state index < -0.39 is 17.5 Å². The van der Waals surface area contributed by atoms with Gasteiger partial charge in [0.05, 0.1) is 6.07 Å². The number of hydrogen-bond acceptors (Lipinski definition) is 6. The fraction of sp³-hybridized carbons (Fsp3) is 0.500. The molecule has 1 rings (SSSR count). The Morgan fingerprint density at radius 2 is 1.50 bits per heavy atom. The standard InChI is InChI=1S/C18H23NO5/c1-10-11(2)17(24-14(5)21)15(7-8-18(6,22)9-19)12(3)16(10)23-13(4)20/h22H,7-8H2,1-6H3. The number of carbonyl (C=O) groups excluding carboxylic acids is 2. The summed E-state index contributed by atoms with van der Waals surface area (Å²) in [6.45, 7) is 9.35. The van der Waals surface area contributed by atoms with Gasteiger partial charge in [0.15, 0.2) is 0 Å². The average Bonchev–Trinajstić information content (AvgIpc) is 2.48. The Balaban J connectivity index is 3.50. The van der Waals surface area contributed by atoms with E-state index >= 15 is 0 Å².